The molecule has 0 aliphatic carbocycles. The van der Waals surface area contributed by atoms with E-state index in [-0.39, 0.29) is 6.03 Å². The SMILES string of the molecule is COc1ccc(CNC(=O)Nc2nc(-c3ccncc3)cs2)cc1.CS(=O)(=O)O. The number of pyridine rings is 1. The normalized spacial score (nSPS) is 10.4. The van der Waals surface area contributed by atoms with E-state index in [9.17, 15) is 13.2 Å². The topological polar surface area (TPSA) is 131 Å². The number of ether oxygens (including phenoxy) is 1. The van der Waals surface area contributed by atoms with Crippen LogP contribution >= 0.6 is 11.3 Å². The van der Waals surface area contributed by atoms with Crippen LogP contribution in [0.2, 0.25) is 0 Å². The average molecular weight is 437 g/mol. The first-order valence-corrected chi connectivity index (χ1v) is 10.9. The highest BCUT2D eigenvalue weighted by Crippen LogP contribution is 2.24. The summed E-state index contributed by atoms with van der Waals surface area (Å²) in [6, 6.07) is 11.0. The third-order valence-electron chi connectivity index (χ3n) is 3.31. The monoisotopic (exact) mass is 436 g/mol. The summed E-state index contributed by atoms with van der Waals surface area (Å²) in [7, 11) is -2.05. The number of amides is 2. The number of thiazole rings is 1. The average Bonchev–Trinajstić information content (AvgIpc) is 3.14. The molecule has 0 spiro atoms. The first-order chi connectivity index (χ1) is 13.7. The lowest BCUT2D eigenvalue weighted by Gasteiger charge is -2.06. The highest BCUT2D eigenvalue weighted by atomic mass is 32.2. The first kappa shape index (κ1) is 22.3. The van der Waals surface area contributed by atoms with Crippen molar-refractivity contribution < 1.29 is 22.5 Å². The fourth-order valence-electron chi connectivity index (χ4n) is 2.05. The molecule has 3 aromatic rings. The van der Waals surface area contributed by atoms with E-state index >= 15 is 0 Å². The van der Waals surface area contributed by atoms with Crippen molar-refractivity contribution in [3.63, 3.8) is 0 Å². The van der Waals surface area contributed by atoms with Crippen LogP contribution in [0.3, 0.4) is 0 Å². The number of nitrogens with one attached hydrogen (secondary N) is 2. The lowest BCUT2D eigenvalue weighted by Crippen LogP contribution is -2.28. The summed E-state index contributed by atoms with van der Waals surface area (Å²) in [5, 5.41) is 7.99. The van der Waals surface area contributed by atoms with Gasteiger partial charge in [0.05, 0.1) is 19.1 Å². The van der Waals surface area contributed by atoms with Crippen LogP contribution in [-0.4, -0.2) is 42.3 Å². The van der Waals surface area contributed by atoms with Gasteiger partial charge in [-0.15, -0.1) is 11.3 Å². The smallest absolute Gasteiger partial charge is 0.321 e. The highest BCUT2D eigenvalue weighted by molar-refractivity contribution is 7.85. The van der Waals surface area contributed by atoms with Gasteiger partial charge in [0.1, 0.15) is 5.75 Å². The third kappa shape index (κ3) is 8.68. The van der Waals surface area contributed by atoms with Crippen LogP contribution in [-0.2, 0) is 16.7 Å². The summed E-state index contributed by atoms with van der Waals surface area (Å²) >= 11 is 1.38. The van der Waals surface area contributed by atoms with Crippen LogP contribution in [0, 0.1) is 0 Å². The van der Waals surface area contributed by atoms with Gasteiger partial charge in [-0.05, 0) is 29.8 Å². The molecule has 0 radical (unpaired) electrons. The second-order valence-electron chi connectivity index (χ2n) is 5.66. The molecule has 0 fully saturated rings. The van der Waals surface area contributed by atoms with Gasteiger partial charge < -0.3 is 10.1 Å². The number of methoxy groups -OCH3 is 1. The molecule has 9 nitrogen and oxygen atoms in total. The summed E-state index contributed by atoms with van der Waals surface area (Å²) in [5.74, 6) is 0.787. The van der Waals surface area contributed by atoms with E-state index in [2.05, 4.69) is 20.6 Å². The van der Waals surface area contributed by atoms with Crippen molar-refractivity contribution in [3.8, 4) is 17.0 Å². The molecule has 2 aromatic heterocycles. The number of carbonyl (C=O) groups is 1. The Morgan fingerprint density at radius 3 is 2.38 bits per heavy atom. The molecule has 0 unspecified atom stereocenters. The molecule has 0 aliphatic rings. The van der Waals surface area contributed by atoms with Crippen molar-refractivity contribution in [1.82, 2.24) is 15.3 Å². The molecule has 1 aromatic carbocycles. The van der Waals surface area contributed by atoms with E-state index in [1.807, 2.05) is 41.8 Å². The Morgan fingerprint density at radius 1 is 1.17 bits per heavy atom. The van der Waals surface area contributed by atoms with Crippen LogP contribution in [0.25, 0.3) is 11.3 Å². The Bertz CT molecular complexity index is 1010. The van der Waals surface area contributed by atoms with E-state index in [0.717, 1.165) is 22.6 Å². The predicted molar refractivity (Wildman–Crippen MR) is 112 cm³/mol. The van der Waals surface area contributed by atoms with Crippen molar-refractivity contribution in [2.45, 2.75) is 6.54 Å². The van der Waals surface area contributed by atoms with Gasteiger partial charge in [-0.1, -0.05) is 12.1 Å². The largest absolute Gasteiger partial charge is 0.497 e. The highest BCUT2D eigenvalue weighted by Gasteiger charge is 2.07. The molecule has 0 saturated carbocycles. The Kier molecular flexibility index (Phi) is 8.07. The van der Waals surface area contributed by atoms with E-state index in [4.69, 9.17) is 9.29 Å². The zero-order chi connectivity index (χ0) is 21.3. The maximum atomic E-state index is 12.0. The molecule has 0 aliphatic heterocycles. The number of aromatic nitrogens is 2. The molecule has 0 atom stereocenters. The van der Waals surface area contributed by atoms with Gasteiger partial charge in [0.15, 0.2) is 5.13 Å². The van der Waals surface area contributed by atoms with Crippen LogP contribution < -0.4 is 15.4 Å². The van der Waals surface area contributed by atoms with Crippen molar-refractivity contribution in [1.29, 1.82) is 0 Å². The van der Waals surface area contributed by atoms with E-state index in [0.29, 0.717) is 17.9 Å². The molecule has 0 bridgehead atoms. The summed E-state index contributed by atoms with van der Waals surface area (Å²) in [6.45, 7) is 0.429. The lowest BCUT2D eigenvalue weighted by atomic mass is 10.2. The van der Waals surface area contributed by atoms with E-state index in [1.165, 1.54) is 11.3 Å². The number of nitrogens with zero attached hydrogens (tertiary/aromatic N) is 2. The lowest BCUT2D eigenvalue weighted by molar-refractivity contribution is 0.251. The molecular weight excluding hydrogens is 416 g/mol. The number of rotatable bonds is 5. The number of benzene rings is 1. The zero-order valence-corrected chi connectivity index (χ0v) is 17.3. The predicted octanol–water partition coefficient (Wildman–Crippen LogP) is 3.04. The Balaban J connectivity index is 0.000000537. The third-order valence-corrected chi connectivity index (χ3v) is 4.07. The van der Waals surface area contributed by atoms with E-state index in [1.54, 1.807) is 19.5 Å². The number of anilines is 1. The van der Waals surface area contributed by atoms with Gasteiger partial charge in [-0.2, -0.15) is 8.42 Å². The minimum Gasteiger partial charge on any atom is -0.497 e. The second-order valence-corrected chi connectivity index (χ2v) is 7.99. The molecular formula is C18H20N4O5S2. The zero-order valence-electron chi connectivity index (χ0n) is 15.7. The number of hydrogen-bond donors (Lipinski definition) is 3. The van der Waals surface area contributed by atoms with E-state index < -0.39 is 10.1 Å². The summed E-state index contributed by atoms with van der Waals surface area (Å²) in [5.41, 5.74) is 2.77. The van der Waals surface area contributed by atoms with Crippen LogP contribution in [0.4, 0.5) is 9.93 Å². The Hall–Kier alpha value is -3.02. The molecule has 0 saturated heterocycles. The van der Waals surface area contributed by atoms with Gasteiger partial charge in [-0.25, -0.2) is 9.78 Å². The molecule has 11 heteroatoms. The van der Waals surface area contributed by atoms with Gasteiger partial charge >= 0.3 is 6.03 Å². The number of carbonyl (C=O) groups excluding carboxylic acids is 1. The molecule has 154 valence electrons. The van der Waals surface area contributed by atoms with Gasteiger partial charge in [0.2, 0.25) is 0 Å². The van der Waals surface area contributed by atoms with Crippen molar-refractivity contribution in [3.05, 3.63) is 59.7 Å². The minimum atomic E-state index is -3.67. The van der Waals surface area contributed by atoms with Crippen molar-refractivity contribution >= 4 is 32.6 Å². The van der Waals surface area contributed by atoms with Gasteiger partial charge in [0.25, 0.3) is 10.1 Å². The number of hydrogen-bond acceptors (Lipinski definition) is 7. The summed E-state index contributed by atoms with van der Waals surface area (Å²) < 4.78 is 31.0. The molecule has 3 N–H and O–H groups in total. The maximum absolute atomic E-state index is 12.0. The molecule has 29 heavy (non-hydrogen) atoms. The van der Waals surface area contributed by atoms with Gasteiger partial charge in [0, 0.05) is 29.9 Å². The Morgan fingerprint density at radius 2 is 1.79 bits per heavy atom. The standard InChI is InChI=1S/C17H16N4O2S.CH4O3S/c1-23-14-4-2-12(3-5-14)10-19-16(22)21-17-20-15(11-24-17)13-6-8-18-9-7-13;1-5(2,3)4/h2-9,11H,10H2,1H3,(H2,19,20,21,22);1H3,(H,2,3,4). The second kappa shape index (κ2) is 10.5. The molecule has 3 rings (SSSR count). The van der Waals surface area contributed by atoms with Crippen molar-refractivity contribution in [2.24, 2.45) is 0 Å². The quantitative estimate of drug-likeness (QED) is 0.524. The summed E-state index contributed by atoms with van der Waals surface area (Å²) in [6.07, 6.45) is 4.14. The van der Waals surface area contributed by atoms with Crippen LogP contribution in [0.15, 0.2) is 54.2 Å². The summed E-state index contributed by atoms with van der Waals surface area (Å²) in [4.78, 5) is 20.3. The fraction of sp³-hybridized carbons (Fsp3) is 0.167. The van der Waals surface area contributed by atoms with Crippen LogP contribution in [0.1, 0.15) is 5.56 Å². The van der Waals surface area contributed by atoms with Gasteiger partial charge in [-0.3, -0.25) is 14.9 Å². The molecule has 2 amide bonds. The first-order valence-electron chi connectivity index (χ1n) is 8.21. The molecule has 2 heterocycles. The number of urea groups is 1. The van der Waals surface area contributed by atoms with Crippen molar-refractivity contribution in [2.75, 3.05) is 18.7 Å². The Labute approximate surface area is 172 Å². The van der Waals surface area contributed by atoms with Crippen LogP contribution in [0.5, 0.6) is 5.75 Å². The fourth-order valence-corrected chi connectivity index (χ4v) is 2.77. The maximum Gasteiger partial charge on any atom is 0.321 e. The minimum absolute atomic E-state index is 0.290.